The number of aromatic nitrogens is 1. The largest absolute Gasteiger partial charge is 0.478 e. The summed E-state index contributed by atoms with van der Waals surface area (Å²) in [6.45, 7) is 6.02. The maximum Gasteiger partial charge on any atom is 0.337 e. The fourth-order valence-electron chi connectivity index (χ4n) is 1.95. The Labute approximate surface area is 105 Å². The number of carbonyl (C=O) groups excluding carboxylic acids is 1. The number of hydrogen-bond acceptors (Lipinski definition) is 2. The molecule has 1 aromatic heterocycles. The average Bonchev–Trinajstić information content (AvgIpc) is 2.68. The molecule has 4 nitrogen and oxygen atoms in total. The minimum Gasteiger partial charge on any atom is -0.478 e. The monoisotopic (exact) mass is 245 g/mol. The molecule has 18 heavy (non-hydrogen) atoms. The first-order valence-corrected chi connectivity index (χ1v) is 5.68. The van der Waals surface area contributed by atoms with Crippen molar-refractivity contribution in [3.8, 4) is 0 Å². The number of hydrogen-bond donors (Lipinski definition) is 2. The Balaban J connectivity index is 2.85. The highest BCUT2D eigenvalue weighted by Crippen LogP contribution is 2.30. The van der Waals surface area contributed by atoms with Crippen molar-refractivity contribution < 1.29 is 14.7 Å². The van der Waals surface area contributed by atoms with E-state index in [1.54, 1.807) is 6.07 Å². The molecule has 2 N–H and O–H groups in total. The molecule has 2 rings (SSSR count). The number of aldehydes is 1. The molecule has 0 bridgehead atoms. The molecule has 1 heterocycles. The summed E-state index contributed by atoms with van der Waals surface area (Å²) in [4.78, 5) is 25.1. The number of rotatable bonds is 2. The molecule has 0 saturated heterocycles. The number of aromatic carboxylic acids is 1. The fraction of sp³-hybridized carbons (Fsp3) is 0.286. The van der Waals surface area contributed by atoms with E-state index in [4.69, 9.17) is 0 Å². The van der Waals surface area contributed by atoms with Crippen LogP contribution in [0.15, 0.2) is 18.3 Å². The van der Waals surface area contributed by atoms with Crippen LogP contribution in [0.5, 0.6) is 0 Å². The third kappa shape index (κ3) is 1.90. The summed E-state index contributed by atoms with van der Waals surface area (Å²) < 4.78 is 0. The van der Waals surface area contributed by atoms with Crippen molar-refractivity contribution in [3.05, 3.63) is 35.0 Å². The van der Waals surface area contributed by atoms with E-state index in [2.05, 4.69) is 4.98 Å². The van der Waals surface area contributed by atoms with Gasteiger partial charge in [-0.3, -0.25) is 4.79 Å². The first-order chi connectivity index (χ1) is 8.34. The maximum absolute atomic E-state index is 11.3. The third-order valence-corrected chi connectivity index (χ3v) is 3.04. The Hall–Kier alpha value is -2.10. The molecule has 94 valence electrons. The molecule has 0 fully saturated rings. The summed E-state index contributed by atoms with van der Waals surface area (Å²) >= 11 is 0. The van der Waals surface area contributed by atoms with Crippen LogP contribution in [0.3, 0.4) is 0 Å². The van der Waals surface area contributed by atoms with Crippen LogP contribution in [0, 0.1) is 0 Å². The van der Waals surface area contributed by atoms with E-state index < -0.39 is 5.97 Å². The number of H-pyrrole nitrogens is 1. The van der Waals surface area contributed by atoms with Gasteiger partial charge in [-0.1, -0.05) is 20.8 Å². The number of benzene rings is 1. The molecule has 0 spiro atoms. The lowest BCUT2D eigenvalue weighted by molar-refractivity contribution is 0.0698. The maximum atomic E-state index is 11.3. The minimum absolute atomic E-state index is 0.171. The predicted octanol–water partition coefficient (Wildman–Crippen LogP) is 2.98. The lowest BCUT2D eigenvalue weighted by Crippen LogP contribution is -2.12. The zero-order valence-corrected chi connectivity index (χ0v) is 10.6. The van der Waals surface area contributed by atoms with Crippen molar-refractivity contribution in [2.45, 2.75) is 26.2 Å². The Morgan fingerprint density at radius 2 is 2.00 bits per heavy atom. The van der Waals surface area contributed by atoms with Gasteiger partial charge in [-0.2, -0.15) is 0 Å². The van der Waals surface area contributed by atoms with Crippen LogP contribution in [-0.4, -0.2) is 22.3 Å². The average molecular weight is 245 g/mol. The standard InChI is InChI=1S/C14H15NO3/c1-14(2,3)9-4-10-8(7-16)6-15-12(10)11(5-9)13(17)18/h4-7,15H,1-3H3,(H,17,18). The van der Waals surface area contributed by atoms with Crippen molar-refractivity contribution in [1.82, 2.24) is 4.98 Å². The topological polar surface area (TPSA) is 70.2 Å². The Morgan fingerprint density at radius 3 is 2.50 bits per heavy atom. The van der Waals surface area contributed by atoms with Gasteiger partial charge >= 0.3 is 5.97 Å². The summed E-state index contributed by atoms with van der Waals surface area (Å²) in [5.74, 6) is -0.995. The van der Waals surface area contributed by atoms with Crippen molar-refractivity contribution >= 4 is 23.2 Å². The quantitative estimate of drug-likeness (QED) is 0.799. The van der Waals surface area contributed by atoms with Crippen LogP contribution in [0.2, 0.25) is 0 Å². The molecule has 0 aliphatic rings. The van der Waals surface area contributed by atoms with Gasteiger partial charge in [-0.25, -0.2) is 4.79 Å². The van der Waals surface area contributed by atoms with E-state index in [9.17, 15) is 14.7 Å². The summed E-state index contributed by atoms with van der Waals surface area (Å²) in [7, 11) is 0. The number of nitrogens with one attached hydrogen (secondary N) is 1. The van der Waals surface area contributed by atoms with Crippen LogP contribution in [0.25, 0.3) is 10.9 Å². The van der Waals surface area contributed by atoms with Crippen molar-refractivity contribution in [2.75, 3.05) is 0 Å². The van der Waals surface area contributed by atoms with Crippen LogP contribution in [0.4, 0.5) is 0 Å². The van der Waals surface area contributed by atoms with E-state index in [1.165, 1.54) is 6.20 Å². The van der Waals surface area contributed by atoms with Gasteiger partial charge in [-0.15, -0.1) is 0 Å². The van der Waals surface area contributed by atoms with Crippen LogP contribution in [-0.2, 0) is 5.41 Å². The van der Waals surface area contributed by atoms with E-state index in [-0.39, 0.29) is 11.0 Å². The number of carbonyl (C=O) groups is 2. The number of carboxylic acid groups (broad SMARTS) is 1. The minimum atomic E-state index is -0.995. The molecule has 2 aromatic rings. The molecule has 0 aliphatic heterocycles. The normalized spacial score (nSPS) is 11.7. The highest BCUT2D eigenvalue weighted by molar-refractivity contribution is 6.07. The van der Waals surface area contributed by atoms with Crippen molar-refractivity contribution in [2.24, 2.45) is 0 Å². The Morgan fingerprint density at radius 1 is 1.33 bits per heavy atom. The van der Waals surface area contributed by atoms with Crippen LogP contribution < -0.4 is 0 Å². The SMILES string of the molecule is CC(C)(C)c1cc(C(=O)O)c2[nH]cc(C=O)c2c1. The van der Waals surface area contributed by atoms with Crippen LogP contribution in [0.1, 0.15) is 47.1 Å². The van der Waals surface area contributed by atoms with Gasteiger partial charge in [0.15, 0.2) is 6.29 Å². The second-order valence-corrected chi connectivity index (χ2v) is 5.36. The molecule has 0 radical (unpaired) electrons. The van der Waals surface area contributed by atoms with E-state index in [1.807, 2.05) is 26.8 Å². The lowest BCUT2D eigenvalue weighted by atomic mass is 9.85. The van der Waals surface area contributed by atoms with Gasteiger partial charge in [0, 0.05) is 17.1 Å². The van der Waals surface area contributed by atoms with Gasteiger partial charge in [0.2, 0.25) is 0 Å². The molecule has 0 amide bonds. The first-order valence-electron chi connectivity index (χ1n) is 5.68. The lowest BCUT2D eigenvalue weighted by Gasteiger charge is -2.20. The zero-order chi connectivity index (χ0) is 13.5. The van der Waals surface area contributed by atoms with Gasteiger partial charge in [0.25, 0.3) is 0 Å². The predicted molar refractivity (Wildman–Crippen MR) is 69.3 cm³/mol. The van der Waals surface area contributed by atoms with E-state index in [0.29, 0.717) is 16.5 Å². The highest BCUT2D eigenvalue weighted by Gasteiger charge is 2.20. The van der Waals surface area contributed by atoms with Gasteiger partial charge in [0.1, 0.15) is 0 Å². The molecular weight excluding hydrogens is 230 g/mol. The van der Waals surface area contributed by atoms with E-state index >= 15 is 0 Å². The zero-order valence-electron chi connectivity index (χ0n) is 10.6. The second-order valence-electron chi connectivity index (χ2n) is 5.36. The Kier molecular flexibility index (Phi) is 2.73. The van der Waals surface area contributed by atoms with E-state index in [0.717, 1.165) is 11.8 Å². The number of aromatic amines is 1. The molecule has 1 aromatic carbocycles. The van der Waals surface area contributed by atoms with Crippen molar-refractivity contribution in [1.29, 1.82) is 0 Å². The van der Waals surface area contributed by atoms with Gasteiger partial charge in [0.05, 0.1) is 11.1 Å². The van der Waals surface area contributed by atoms with Gasteiger partial charge in [-0.05, 0) is 23.1 Å². The highest BCUT2D eigenvalue weighted by atomic mass is 16.4. The Bertz CT molecular complexity index is 632. The molecule has 0 unspecified atom stereocenters. The van der Waals surface area contributed by atoms with Crippen LogP contribution >= 0.6 is 0 Å². The molecule has 0 aliphatic carbocycles. The van der Waals surface area contributed by atoms with Gasteiger partial charge < -0.3 is 10.1 Å². The molecule has 0 saturated carbocycles. The summed E-state index contributed by atoms with van der Waals surface area (Å²) in [6, 6.07) is 3.54. The summed E-state index contributed by atoms with van der Waals surface area (Å²) in [5, 5.41) is 9.91. The third-order valence-electron chi connectivity index (χ3n) is 3.04. The molecular formula is C14H15NO3. The first kappa shape index (κ1) is 12.4. The second kappa shape index (κ2) is 3.98. The number of fused-ring (bicyclic) bond motifs is 1. The summed E-state index contributed by atoms with van der Waals surface area (Å²) in [5.41, 5.74) is 1.91. The summed E-state index contributed by atoms with van der Waals surface area (Å²) in [6.07, 6.45) is 2.27. The van der Waals surface area contributed by atoms with Crippen molar-refractivity contribution in [3.63, 3.8) is 0 Å². The molecule has 0 atom stereocenters. The fourth-order valence-corrected chi connectivity index (χ4v) is 1.95. The smallest absolute Gasteiger partial charge is 0.337 e. The number of carboxylic acids is 1. The molecule has 4 heteroatoms.